The van der Waals surface area contributed by atoms with E-state index < -0.39 is 27.2 Å². The summed E-state index contributed by atoms with van der Waals surface area (Å²) in [6, 6.07) is 3.41. The van der Waals surface area contributed by atoms with Crippen molar-refractivity contribution in [1.82, 2.24) is 15.5 Å². The van der Waals surface area contributed by atoms with Crippen LogP contribution in [-0.4, -0.2) is 52.8 Å². The van der Waals surface area contributed by atoms with Crippen LogP contribution in [0.4, 0.5) is 26.5 Å². The first kappa shape index (κ1) is 24.2. The van der Waals surface area contributed by atoms with Gasteiger partial charge in [-0.15, -0.1) is 0 Å². The molecule has 2 N–H and O–H groups in total. The van der Waals surface area contributed by atoms with E-state index in [4.69, 9.17) is 4.74 Å². The van der Waals surface area contributed by atoms with E-state index in [2.05, 4.69) is 20.8 Å². The number of hydrogen-bond donors (Lipinski definition) is 2. The number of carbonyl (C=O) groups is 1. The van der Waals surface area contributed by atoms with Crippen molar-refractivity contribution in [3.63, 3.8) is 0 Å². The molecule has 168 valence electrons. The van der Waals surface area contributed by atoms with E-state index in [9.17, 15) is 25.0 Å². The quantitative estimate of drug-likeness (QED) is 0.216. The van der Waals surface area contributed by atoms with E-state index in [1.165, 1.54) is 12.1 Å². The minimum atomic E-state index is -0.682. The van der Waals surface area contributed by atoms with Crippen LogP contribution >= 0.6 is 0 Å². The number of rotatable bonds is 10. The number of aryl methyl sites for hydroxylation is 1. The van der Waals surface area contributed by atoms with E-state index in [-0.39, 0.29) is 25.9 Å². The summed E-state index contributed by atoms with van der Waals surface area (Å²) in [6.07, 6.45) is 2.88. The van der Waals surface area contributed by atoms with Crippen molar-refractivity contribution in [3.8, 4) is 0 Å². The topological polar surface area (TPSA) is 162 Å². The van der Waals surface area contributed by atoms with Gasteiger partial charge in [0.15, 0.2) is 0 Å². The Hall–Kier alpha value is -3.05. The van der Waals surface area contributed by atoms with Crippen molar-refractivity contribution in [1.29, 1.82) is 0 Å². The van der Waals surface area contributed by atoms with Crippen LogP contribution in [0.1, 0.15) is 44.6 Å². The molecular formula is C18H24N6O6Se. The summed E-state index contributed by atoms with van der Waals surface area (Å²) < 4.78 is 6.57. The average Bonchev–Trinajstić information content (AvgIpc) is 3.10. The molecule has 1 heterocycles. The molecule has 13 heteroatoms. The molecule has 0 unspecified atom stereocenters. The molecule has 1 aromatic heterocycles. The van der Waals surface area contributed by atoms with Crippen molar-refractivity contribution < 1.29 is 19.4 Å². The van der Waals surface area contributed by atoms with Crippen LogP contribution in [0.15, 0.2) is 18.2 Å². The van der Waals surface area contributed by atoms with Crippen LogP contribution in [0.2, 0.25) is 0 Å². The molecule has 2 rings (SSSR count). The third-order valence-electron chi connectivity index (χ3n) is 3.83. The molecule has 12 nitrogen and oxygen atoms in total. The Morgan fingerprint density at radius 1 is 1.13 bits per heavy atom. The number of anilines is 2. The van der Waals surface area contributed by atoms with Crippen molar-refractivity contribution >= 4 is 42.4 Å². The SMILES string of the molecule is CC(C)(C)OC(=O)NCCCCCc1nnc(Nc2ccc([N+](=O)[O-])cc2[N+](=O)[O-])[se]1. The second kappa shape index (κ2) is 10.8. The fourth-order valence-corrected chi connectivity index (χ4v) is 4.16. The van der Waals surface area contributed by atoms with E-state index in [0.717, 1.165) is 36.3 Å². The molecule has 0 aliphatic rings. The third kappa shape index (κ3) is 8.30. The normalized spacial score (nSPS) is 11.1. The molecule has 0 fully saturated rings. The number of unbranched alkanes of at least 4 members (excludes halogenated alkanes) is 2. The van der Waals surface area contributed by atoms with Crippen molar-refractivity contribution in [2.45, 2.75) is 52.1 Å². The average molecular weight is 499 g/mol. The summed E-state index contributed by atoms with van der Waals surface area (Å²) in [6.45, 7) is 5.95. The fourth-order valence-electron chi connectivity index (χ4n) is 2.49. The van der Waals surface area contributed by atoms with Crippen molar-refractivity contribution in [2.24, 2.45) is 0 Å². The molecule has 0 aliphatic carbocycles. The molecule has 0 saturated carbocycles. The molecule has 0 radical (unpaired) electrons. The Morgan fingerprint density at radius 3 is 2.52 bits per heavy atom. The molecule has 31 heavy (non-hydrogen) atoms. The summed E-state index contributed by atoms with van der Waals surface area (Å²) in [5, 5.41) is 35.8. The molecule has 0 bridgehead atoms. The Kier molecular flexibility index (Phi) is 8.46. The van der Waals surface area contributed by atoms with Crippen LogP contribution in [0.25, 0.3) is 0 Å². The number of nitro groups is 2. The monoisotopic (exact) mass is 500 g/mol. The predicted molar refractivity (Wildman–Crippen MR) is 114 cm³/mol. The van der Waals surface area contributed by atoms with E-state index in [0.29, 0.717) is 11.2 Å². The molecule has 0 saturated heterocycles. The number of nitrogens with one attached hydrogen (secondary N) is 2. The molecule has 2 aromatic rings. The van der Waals surface area contributed by atoms with Crippen LogP contribution in [0, 0.1) is 20.2 Å². The Morgan fingerprint density at radius 2 is 1.87 bits per heavy atom. The van der Waals surface area contributed by atoms with E-state index >= 15 is 0 Å². The maximum absolute atomic E-state index is 11.6. The van der Waals surface area contributed by atoms with Crippen molar-refractivity contribution in [3.05, 3.63) is 43.0 Å². The Bertz CT molecular complexity index is 942. The Balaban J connectivity index is 1.79. The van der Waals surface area contributed by atoms with Crippen LogP contribution in [0.5, 0.6) is 0 Å². The number of hydrogen-bond acceptors (Lipinski definition) is 9. The third-order valence-corrected chi connectivity index (χ3v) is 5.72. The number of amides is 1. The van der Waals surface area contributed by atoms with Gasteiger partial charge in [-0.2, -0.15) is 0 Å². The number of nitro benzene ring substituents is 2. The summed E-state index contributed by atoms with van der Waals surface area (Å²) in [5.41, 5.74) is -1.12. The number of ether oxygens (including phenoxy) is 1. The molecule has 1 amide bonds. The van der Waals surface area contributed by atoms with Gasteiger partial charge in [0, 0.05) is 0 Å². The predicted octanol–water partition coefficient (Wildman–Crippen LogP) is 3.33. The summed E-state index contributed by atoms with van der Waals surface area (Å²) in [5.74, 6) is 0. The zero-order chi connectivity index (χ0) is 23.0. The van der Waals surface area contributed by atoms with Gasteiger partial charge < -0.3 is 0 Å². The summed E-state index contributed by atoms with van der Waals surface area (Å²) in [4.78, 5) is 32.2. The fraction of sp³-hybridized carbons (Fsp3) is 0.500. The number of carbonyl (C=O) groups excluding carboxylic acids is 1. The molecule has 0 spiro atoms. The zero-order valence-electron chi connectivity index (χ0n) is 17.4. The van der Waals surface area contributed by atoms with Gasteiger partial charge in [-0.1, -0.05) is 0 Å². The van der Waals surface area contributed by atoms with Gasteiger partial charge in [0.05, 0.1) is 0 Å². The van der Waals surface area contributed by atoms with Gasteiger partial charge in [-0.05, 0) is 0 Å². The zero-order valence-corrected chi connectivity index (χ0v) is 19.1. The number of non-ortho nitro benzene ring substituents is 1. The first-order chi connectivity index (χ1) is 14.5. The number of benzene rings is 1. The Labute approximate surface area is 184 Å². The molecule has 1 aromatic carbocycles. The van der Waals surface area contributed by atoms with Crippen molar-refractivity contribution in [2.75, 3.05) is 11.9 Å². The standard InChI is InChI=1S/C18H24N6O6Se/c1-18(2,3)30-17(25)19-10-6-4-5-7-15-21-22-16(31-15)20-13-9-8-12(23(26)27)11-14(13)24(28)29/h8-9,11H,4-7,10H2,1-3H3,(H,19,25)(H,20,22). The number of alkyl carbamates (subject to hydrolysis) is 1. The maximum atomic E-state index is 11.6. The number of nitrogens with zero attached hydrogens (tertiary/aromatic N) is 4. The van der Waals surface area contributed by atoms with Crippen LogP contribution in [-0.2, 0) is 11.2 Å². The second-order valence-corrected chi connectivity index (χ2v) is 9.81. The molecule has 0 atom stereocenters. The number of aromatic nitrogens is 2. The van der Waals surface area contributed by atoms with Crippen LogP contribution < -0.4 is 10.6 Å². The van der Waals surface area contributed by atoms with Gasteiger partial charge in [-0.3, -0.25) is 0 Å². The second-order valence-electron chi connectivity index (χ2n) is 7.58. The first-order valence-corrected chi connectivity index (χ1v) is 11.3. The minimum absolute atomic E-state index is 0.140. The van der Waals surface area contributed by atoms with Crippen LogP contribution in [0.3, 0.4) is 0 Å². The summed E-state index contributed by atoms with van der Waals surface area (Å²) >= 11 is -0.204. The van der Waals surface area contributed by atoms with Gasteiger partial charge >= 0.3 is 184 Å². The van der Waals surface area contributed by atoms with Gasteiger partial charge in [0.1, 0.15) is 0 Å². The van der Waals surface area contributed by atoms with Gasteiger partial charge in [0.25, 0.3) is 0 Å². The van der Waals surface area contributed by atoms with Gasteiger partial charge in [-0.25, -0.2) is 0 Å². The molecule has 0 aliphatic heterocycles. The van der Waals surface area contributed by atoms with Gasteiger partial charge in [0.2, 0.25) is 0 Å². The first-order valence-electron chi connectivity index (χ1n) is 9.54. The van der Waals surface area contributed by atoms with E-state index in [1.807, 2.05) is 20.8 Å². The van der Waals surface area contributed by atoms with E-state index in [1.54, 1.807) is 0 Å². The summed E-state index contributed by atoms with van der Waals surface area (Å²) in [7, 11) is 0. The molecular weight excluding hydrogens is 475 g/mol.